The lowest BCUT2D eigenvalue weighted by Crippen LogP contribution is -2.45. The van der Waals surface area contributed by atoms with Crippen molar-refractivity contribution >= 4 is 12.0 Å². The fourth-order valence-corrected chi connectivity index (χ4v) is 2.70. The number of amides is 1. The van der Waals surface area contributed by atoms with Crippen LogP contribution in [0.15, 0.2) is 24.3 Å². The minimum absolute atomic E-state index is 0.0940. The lowest BCUT2D eigenvalue weighted by atomic mass is 10.2. The molecule has 1 amide bonds. The molecule has 6 heteroatoms. The molecule has 1 fully saturated rings. The van der Waals surface area contributed by atoms with Gasteiger partial charge in [-0.3, -0.25) is 9.69 Å². The molecule has 2 aliphatic heterocycles. The molecule has 2 heterocycles. The van der Waals surface area contributed by atoms with Gasteiger partial charge in [-0.15, -0.1) is 0 Å². The van der Waals surface area contributed by atoms with E-state index in [4.69, 9.17) is 14.2 Å². The maximum atomic E-state index is 12.0. The molecular weight excluding hydrogens is 296 g/mol. The molecule has 1 aromatic rings. The smallest absolute Gasteiger partial charge is 0.244 e. The summed E-state index contributed by atoms with van der Waals surface area (Å²) in [4.78, 5) is 14.3. The van der Waals surface area contributed by atoms with Gasteiger partial charge in [0.25, 0.3) is 0 Å². The maximum absolute atomic E-state index is 12.0. The van der Waals surface area contributed by atoms with Crippen LogP contribution in [0.5, 0.6) is 11.5 Å². The van der Waals surface area contributed by atoms with Crippen LogP contribution >= 0.6 is 0 Å². The Morgan fingerprint density at radius 3 is 2.91 bits per heavy atom. The largest absolute Gasteiger partial charge is 0.454 e. The topological polar surface area (TPSA) is 60.0 Å². The third-order valence-electron chi connectivity index (χ3n) is 3.85. The van der Waals surface area contributed by atoms with Gasteiger partial charge < -0.3 is 19.5 Å². The van der Waals surface area contributed by atoms with Crippen LogP contribution < -0.4 is 14.8 Å². The standard InChI is InChI=1S/C17H22N2O4/c1-13(11-19-6-8-21-9-7-19)18-17(20)5-3-14-2-4-15-16(10-14)23-12-22-15/h2-5,10,13H,6-9,11-12H2,1H3,(H,18,20)/b5-3-/t13-/m1/s1. The van der Waals surface area contributed by atoms with Crippen molar-refractivity contribution in [1.29, 1.82) is 0 Å². The van der Waals surface area contributed by atoms with E-state index in [1.54, 1.807) is 12.2 Å². The van der Waals surface area contributed by atoms with Crippen LogP contribution in [0.2, 0.25) is 0 Å². The Kier molecular flexibility index (Phi) is 5.15. The molecule has 3 rings (SSSR count). The number of nitrogens with one attached hydrogen (secondary N) is 1. The van der Waals surface area contributed by atoms with Crippen molar-refractivity contribution in [3.8, 4) is 11.5 Å². The van der Waals surface area contributed by atoms with Crippen molar-refractivity contribution in [3.63, 3.8) is 0 Å². The first kappa shape index (κ1) is 15.8. The number of carbonyl (C=O) groups excluding carboxylic acids is 1. The second kappa shape index (κ2) is 7.48. The van der Waals surface area contributed by atoms with Crippen molar-refractivity contribution in [3.05, 3.63) is 29.8 Å². The van der Waals surface area contributed by atoms with Gasteiger partial charge in [-0.25, -0.2) is 0 Å². The van der Waals surface area contributed by atoms with E-state index in [9.17, 15) is 4.79 Å². The zero-order valence-electron chi connectivity index (χ0n) is 13.3. The molecule has 0 saturated carbocycles. The number of fused-ring (bicyclic) bond motifs is 1. The lowest BCUT2D eigenvalue weighted by molar-refractivity contribution is -0.117. The molecule has 6 nitrogen and oxygen atoms in total. The molecule has 0 aliphatic carbocycles. The summed E-state index contributed by atoms with van der Waals surface area (Å²) in [6, 6.07) is 5.71. The van der Waals surface area contributed by atoms with Gasteiger partial charge in [0.2, 0.25) is 12.7 Å². The van der Waals surface area contributed by atoms with Crippen molar-refractivity contribution in [1.82, 2.24) is 10.2 Å². The fourth-order valence-electron chi connectivity index (χ4n) is 2.70. The monoisotopic (exact) mass is 318 g/mol. The highest BCUT2D eigenvalue weighted by atomic mass is 16.7. The molecule has 0 bridgehead atoms. The Labute approximate surface area is 136 Å². The second-order valence-corrected chi connectivity index (χ2v) is 5.77. The van der Waals surface area contributed by atoms with Gasteiger partial charge in [0.1, 0.15) is 0 Å². The van der Waals surface area contributed by atoms with Crippen molar-refractivity contribution in [2.24, 2.45) is 0 Å². The molecule has 1 aromatic carbocycles. The van der Waals surface area contributed by atoms with Gasteiger partial charge in [-0.2, -0.15) is 0 Å². The van der Waals surface area contributed by atoms with E-state index < -0.39 is 0 Å². The molecule has 0 unspecified atom stereocenters. The SMILES string of the molecule is C[C@H](CN1CCOCC1)NC(=O)/C=C\c1ccc2c(c1)OCO2. The second-order valence-electron chi connectivity index (χ2n) is 5.77. The summed E-state index contributed by atoms with van der Waals surface area (Å²) in [5.41, 5.74) is 0.908. The summed E-state index contributed by atoms with van der Waals surface area (Å²) < 4.78 is 15.9. The number of carbonyl (C=O) groups is 1. The van der Waals surface area contributed by atoms with Gasteiger partial charge in [-0.1, -0.05) is 6.07 Å². The molecule has 0 radical (unpaired) electrons. The summed E-state index contributed by atoms with van der Waals surface area (Å²) in [5, 5.41) is 2.99. The quantitative estimate of drug-likeness (QED) is 0.829. The first-order chi connectivity index (χ1) is 11.2. The van der Waals surface area contributed by atoms with Crippen LogP contribution in [-0.4, -0.2) is 56.5 Å². The first-order valence-corrected chi connectivity index (χ1v) is 7.89. The Morgan fingerprint density at radius 1 is 1.30 bits per heavy atom. The van der Waals surface area contributed by atoms with Crippen molar-refractivity contribution < 1.29 is 19.0 Å². The molecule has 124 valence electrons. The third kappa shape index (κ3) is 4.46. The number of nitrogens with zero attached hydrogens (tertiary/aromatic N) is 1. The normalized spacial score (nSPS) is 19.0. The van der Waals surface area contributed by atoms with E-state index in [0.717, 1.165) is 44.2 Å². The Hall–Kier alpha value is -2.05. The summed E-state index contributed by atoms with van der Waals surface area (Å²) in [5.74, 6) is 1.36. The number of benzene rings is 1. The number of rotatable bonds is 5. The van der Waals surface area contributed by atoms with Crippen LogP contribution in [0, 0.1) is 0 Å². The summed E-state index contributed by atoms with van der Waals surface area (Å²) >= 11 is 0. The summed E-state index contributed by atoms with van der Waals surface area (Å²) in [6.45, 7) is 6.49. The number of hydrogen-bond acceptors (Lipinski definition) is 5. The van der Waals surface area contributed by atoms with Crippen LogP contribution in [0.1, 0.15) is 12.5 Å². The number of ether oxygens (including phenoxy) is 3. The van der Waals surface area contributed by atoms with Gasteiger partial charge in [0.05, 0.1) is 13.2 Å². The number of hydrogen-bond donors (Lipinski definition) is 1. The molecule has 2 aliphatic rings. The van der Waals surface area contributed by atoms with E-state index in [0.29, 0.717) is 5.75 Å². The molecule has 1 atom stereocenters. The van der Waals surface area contributed by atoms with Crippen molar-refractivity contribution in [2.45, 2.75) is 13.0 Å². The number of morpholine rings is 1. The van der Waals surface area contributed by atoms with Gasteiger partial charge >= 0.3 is 0 Å². The molecule has 1 N–H and O–H groups in total. The average molecular weight is 318 g/mol. The van der Waals surface area contributed by atoms with Crippen LogP contribution in [0.3, 0.4) is 0 Å². The predicted octanol–water partition coefficient (Wildman–Crippen LogP) is 1.27. The third-order valence-corrected chi connectivity index (χ3v) is 3.85. The highest BCUT2D eigenvalue weighted by molar-refractivity contribution is 5.92. The van der Waals surface area contributed by atoms with E-state index in [2.05, 4.69) is 10.2 Å². The highest BCUT2D eigenvalue weighted by Gasteiger charge is 2.15. The van der Waals surface area contributed by atoms with Crippen LogP contribution in [0.25, 0.3) is 6.08 Å². The lowest BCUT2D eigenvalue weighted by Gasteiger charge is -2.29. The van der Waals surface area contributed by atoms with Gasteiger partial charge in [0, 0.05) is 31.8 Å². The fraction of sp³-hybridized carbons (Fsp3) is 0.471. The van der Waals surface area contributed by atoms with Crippen LogP contribution in [-0.2, 0) is 9.53 Å². The molecular formula is C17H22N2O4. The predicted molar refractivity (Wildman–Crippen MR) is 86.5 cm³/mol. The first-order valence-electron chi connectivity index (χ1n) is 7.89. The summed E-state index contributed by atoms with van der Waals surface area (Å²) in [6.07, 6.45) is 3.33. The van der Waals surface area contributed by atoms with E-state index in [-0.39, 0.29) is 18.7 Å². The molecule has 0 spiro atoms. The highest BCUT2D eigenvalue weighted by Crippen LogP contribution is 2.32. The van der Waals surface area contributed by atoms with E-state index in [1.165, 1.54) is 0 Å². The minimum Gasteiger partial charge on any atom is -0.454 e. The van der Waals surface area contributed by atoms with Gasteiger partial charge in [0.15, 0.2) is 11.5 Å². The van der Waals surface area contributed by atoms with Crippen LogP contribution in [0.4, 0.5) is 0 Å². The molecule has 0 aromatic heterocycles. The Morgan fingerprint density at radius 2 is 2.09 bits per heavy atom. The zero-order chi connectivity index (χ0) is 16.1. The van der Waals surface area contributed by atoms with E-state index >= 15 is 0 Å². The van der Waals surface area contributed by atoms with Gasteiger partial charge in [-0.05, 0) is 30.7 Å². The maximum Gasteiger partial charge on any atom is 0.244 e. The average Bonchev–Trinajstić information content (AvgIpc) is 3.01. The zero-order valence-corrected chi connectivity index (χ0v) is 13.3. The van der Waals surface area contributed by atoms with Crippen molar-refractivity contribution in [2.75, 3.05) is 39.6 Å². The Bertz CT molecular complexity index is 582. The Balaban J connectivity index is 1.48. The molecule has 1 saturated heterocycles. The van der Waals surface area contributed by atoms with E-state index in [1.807, 2.05) is 25.1 Å². The summed E-state index contributed by atoms with van der Waals surface area (Å²) in [7, 11) is 0. The minimum atomic E-state index is -0.0940. The molecule has 23 heavy (non-hydrogen) atoms.